The number of thioether (sulfide) groups is 1. The molecule has 0 N–H and O–H groups in total. The second-order valence-corrected chi connectivity index (χ2v) is 9.35. The van der Waals surface area contributed by atoms with Gasteiger partial charge in [0.2, 0.25) is 5.91 Å². The summed E-state index contributed by atoms with van der Waals surface area (Å²) < 4.78 is 5.44. The molecule has 1 aromatic carbocycles. The Kier molecular flexibility index (Phi) is 7.02. The van der Waals surface area contributed by atoms with Crippen LogP contribution >= 0.6 is 11.8 Å². The summed E-state index contributed by atoms with van der Waals surface area (Å²) in [5.41, 5.74) is 1.20. The van der Waals surface area contributed by atoms with Crippen LogP contribution in [0.3, 0.4) is 0 Å². The zero-order chi connectivity index (χ0) is 17.6. The average molecular weight is 350 g/mol. The van der Waals surface area contributed by atoms with Crippen molar-refractivity contribution < 1.29 is 9.53 Å². The van der Waals surface area contributed by atoms with Crippen LogP contribution in [0.15, 0.2) is 24.3 Å². The number of amides is 1. The number of methoxy groups -OCH3 is 1. The maximum atomic E-state index is 12.7. The number of carbonyl (C=O) groups excluding carboxylic acids is 1. The van der Waals surface area contributed by atoms with E-state index in [1.54, 1.807) is 7.11 Å². The molecule has 0 aliphatic carbocycles. The minimum Gasteiger partial charge on any atom is -0.497 e. The Balaban J connectivity index is 1.88. The molecule has 1 aliphatic heterocycles. The second-order valence-electron chi connectivity index (χ2n) is 7.51. The second kappa shape index (κ2) is 8.80. The van der Waals surface area contributed by atoms with E-state index >= 15 is 0 Å². The van der Waals surface area contributed by atoms with E-state index in [1.165, 1.54) is 12.0 Å². The van der Waals surface area contributed by atoms with Gasteiger partial charge in [0.15, 0.2) is 0 Å². The third-order valence-corrected chi connectivity index (χ3v) is 5.86. The summed E-state index contributed by atoms with van der Waals surface area (Å²) in [5.74, 6) is 2.23. The van der Waals surface area contributed by atoms with E-state index in [1.807, 2.05) is 23.9 Å². The summed E-state index contributed by atoms with van der Waals surface area (Å²) >= 11 is 1.97. The van der Waals surface area contributed by atoms with Crippen LogP contribution in [-0.2, 0) is 11.2 Å². The van der Waals surface area contributed by atoms with Crippen LogP contribution in [0.2, 0.25) is 0 Å². The molecule has 1 amide bonds. The van der Waals surface area contributed by atoms with Crippen LogP contribution in [0.25, 0.3) is 0 Å². The predicted octanol–water partition coefficient (Wildman–Crippen LogP) is 4.54. The standard InChI is InChI=1S/C20H31NO2S/c1-20(2,3)24-15-17-7-5-6-14-21(17)19(22)13-10-16-8-11-18(23-4)12-9-16/h8-9,11-12,17H,5-7,10,13-15H2,1-4H3/t17-/m1/s1. The molecule has 0 saturated carbocycles. The molecule has 0 aromatic heterocycles. The first-order valence-electron chi connectivity index (χ1n) is 8.95. The SMILES string of the molecule is COc1ccc(CCC(=O)N2CCCC[C@@H]2CSC(C)(C)C)cc1. The highest BCUT2D eigenvalue weighted by Gasteiger charge is 2.27. The number of likely N-dealkylation sites (tertiary alicyclic amines) is 1. The van der Waals surface area contributed by atoms with E-state index in [-0.39, 0.29) is 4.75 Å². The van der Waals surface area contributed by atoms with Crippen molar-refractivity contribution in [3.8, 4) is 5.75 Å². The maximum Gasteiger partial charge on any atom is 0.223 e. The minimum atomic E-state index is 0.259. The van der Waals surface area contributed by atoms with Gasteiger partial charge in [0.05, 0.1) is 7.11 Å². The fourth-order valence-corrected chi connectivity index (χ4v) is 4.07. The first-order valence-corrected chi connectivity index (χ1v) is 9.94. The van der Waals surface area contributed by atoms with Gasteiger partial charge in [-0.3, -0.25) is 4.79 Å². The highest BCUT2D eigenvalue weighted by atomic mass is 32.2. The summed E-state index contributed by atoms with van der Waals surface area (Å²) in [5, 5.41) is 0. The highest BCUT2D eigenvalue weighted by molar-refractivity contribution is 8.00. The van der Waals surface area contributed by atoms with E-state index < -0.39 is 0 Å². The normalized spacial score (nSPS) is 18.5. The molecular formula is C20H31NO2S. The number of piperidine rings is 1. The molecule has 1 fully saturated rings. The van der Waals surface area contributed by atoms with Crippen molar-refractivity contribution >= 4 is 17.7 Å². The van der Waals surface area contributed by atoms with Gasteiger partial charge >= 0.3 is 0 Å². The molecule has 0 bridgehead atoms. The lowest BCUT2D eigenvalue weighted by Crippen LogP contribution is -2.45. The van der Waals surface area contributed by atoms with Gasteiger partial charge in [-0.05, 0) is 43.4 Å². The number of carbonyl (C=O) groups is 1. The summed E-state index contributed by atoms with van der Waals surface area (Å²) in [6.07, 6.45) is 4.95. The average Bonchev–Trinajstić information content (AvgIpc) is 2.58. The first kappa shape index (κ1) is 19.2. The number of ether oxygens (including phenoxy) is 1. The highest BCUT2D eigenvalue weighted by Crippen LogP contribution is 2.29. The van der Waals surface area contributed by atoms with Crippen LogP contribution in [0.5, 0.6) is 5.75 Å². The smallest absolute Gasteiger partial charge is 0.223 e. The van der Waals surface area contributed by atoms with E-state index in [4.69, 9.17) is 4.74 Å². The molecule has 4 heteroatoms. The van der Waals surface area contributed by atoms with Crippen molar-refractivity contribution in [2.75, 3.05) is 19.4 Å². The van der Waals surface area contributed by atoms with Crippen LogP contribution < -0.4 is 4.74 Å². The van der Waals surface area contributed by atoms with Crippen LogP contribution in [0, 0.1) is 0 Å². The van der Waals surface area contributed by atoms with Crippen molar-refractivity contribution in [2.45, 2.75) is 63.7 Å². The van der Waals surface area contributed by atoms with Gasteiger partial charge < -0.3 is 9.64 Å². The molecule has 1 atom stereocenters. The fraction of sp³-hybridized carbons (Fsp3) is 0.650. The lowest BCUT2D eigenvalue weighted by molar-refractivity contribution is -0.134. The zero-order valence-electron chi connectivity index (χ0n) is 15.5. The van der Waals surface area contributed by atoms with Crippen LogP contribution in [-0.4, -0.2) is 41.0 Å². The Morgan fingerprint density at radius 3 is 2.58 bits per heavy atom. The number of nitrogens with zero attached hydrogens (tertiary/aromatic N) is 1. The monoisotopic (exact) mass is 349 g/mol. The van der Waals surface area contributed by atoms with Gasteiger partial charge in [-0.25, -0.2) is 0 Å². The van der Waals surface area contributed by atoms with E-state index in [0.29, 0.717) is 18.4 Å². The molecule has 3 nitrogen and oxygen atoms in total. The van der Waals surface area contributed by atoms with E-state index in [0.717, 1.165) is 37.3 Å². The largest absolute Gasteiger partial charge is 0.497 e. The molecule has 0 spiro atoms. The van der Waals surface area contributed by atoms with Crippen molar-refractivity contribution in [2.24, 2.45) is 0 Å². The zero-order valence-corrected chi connectivity index (χ0v) is 16.3. The summed E-state index contributed by atoms with van der Waals surface area (Å²) in [4.78, 5) is 14.9. The third-order valence-electron chi connectivity index (χ3n) is 4.44. The van der Waals surface area contributed by atoms with E-state index in [9.17, 15) is 4.79 Å². The Bertz CT molecular complexity index is 521. The fourth-order valence-electron chi connectivity index (χ4n) is 3.04. The maximum absolute atomic E-state index is 12.7. The topological polar surface area (TPSA) is 29.5 Å². The Morgan fingerprint density at radius 1 is 1.25 bits per heavy atom. The van der Waals surface area contributed by atoms with Crippen molar-refractivity contribution in [1.82, 2.24) is 4.90 Å². The van der Waals surface area contributed by atoms with E-state index in [2.05, 4.69) is 37.8 Å². The van der Waals surface area contributed by atoms with Gasteiger partial charge in [-0.2, -0.15) is 11.8 Å². The lowest BCUT2D eigenvalue weighted by atomic mass is 10.0. The minimum absolute atomic E-state index is 0.259. The number of hydrogen-bond donors (Lipinski definition) is 0. The Morgan fingerprint density at radius 2 is 1.96 bits per heavy atom. The summed E-state index contributed by atoms with van der Waals surface area (Å²) in [7, 11) is 1.67. The molecule has 134 valence electrons. The van der Waals surface area contributed by atoms with Crippen molar-refractivity contribution in [3.63, 3.8) is 0 Å². The number of hydrogen-bond acceptors (Lipinski definition) is 3. The number of benzene rings is 1. The van der Waals surface area contributed by atoms with Gasteiger partial charge in [-0.15, -0.1) is 0 Å². The van der Waals surface area contributed by atoms with Crippen LogP contribution in [0.4, 0.5) is 0 Å². The molecule has 1 aliphatic rings. The van der Waals surface area contributed by atoms with Gasteiger partial charge in [0, 0.05) is 29.5 Å². The molecule has 24 heavy (non-hydrogen) atoms. The predicted molar refractivity (Wildman–Crippen MR) is 103 cm³/mol. The van der Waals surface area contributed by atoms with Gasteiger partial charge in [0.25, 0.3) is 0 Å². The van der Waals surface area contributed by atoms with Gasteiger partial charge in [0.1, 0.15) is 5.75 Å². The quantitative estimate of drug-likeness (QED) is 0.755. The Labute approximate surface area is 151 Å². The van der Waals surface area contributed by atoms with Gasteiger partial charge in [-0.1, -0.05) is 32.9 Å². The lowest BCUT2D eigenvalue weighted by Gasteiger charge is -2.37. The first-order chi connectivity index (χ1) is 11.4. The van der Waals surface area contributed by atoms with Crippen molar-refractivity contribution in [3.05, 3.63) is 29.8 Å². The molecule has 0 unspecified atom stereocenters. The Hall–Kier alpha value is -1.16. The molecule has 1 aromatic rings. The molecule has 1 heterocycles. The number of rotatable bonds is 6. The molecular weight excluding hydrogens is 318 g/mol. The third kappa shape index (κ3) is 6.04. The molecule has 1 saturated heterocycles. The molecule has 2 rings (SSSR count). The number of aryl methyl sites for hydroxylation is 1. The van der Waals surface area contributed by atoms with Crippen molar-refractivity contribution in [1.29, 1.82) is 0 Å². The summed E-state index contributed by atoms with van der Waals surface area (Å²) in [6, 6.07) is 8.43. The van der Waals surface area contributed by atoms with Crippen LogP contribution in [0.1, 0.15) is 52.0 Å². The summed E-state index contributed by atoms with van der Waals surface area (Å²) in [6.45, 7) is 7.67. The molecule has 0 radical (unpaired) electrons.